The maximum atomic E-state index is 5.26. The second-order valence-corrected chi connectivity index (χ2v) is 13.2. The molecular formula is C47H41IrN. The number of aromatic nitrogens is 1. The van der Waals surface area contributed by atoms with Crippen molar-refractivity contribution in [3.05, 3.63) is 173 Å². The van der Waals surface area contributed by atoms with E-state index in [-0.39, 0.29) is 20.1 Å². The zero-order valence-corrected chi connectivity index (χ0v) is 31.5. The van der Waals surface area contributed by atoms with Crippen molar-refractivity contribution in [2.45, 2.75) is 41.5 Å². The van der Waals surface area contributed by atoms with Crippen LogP contribution in [0.3, 0.4) is 0 Å². The fraction of sp³-hybridized carbons (Fsp3) is 0.128. The summed E-state index contributed by atoms with van der Waals surface area (Å²) in [4.78, 5) is 5.26. The summed E-state index contributed by atoms with van der Waals surface area (Å²) >= 11 is 0. The Morgan fingerprint density at radius 1 is 0.327 bits per heavy atom. The first kappa shape index (κ1) is 34.0. The standard InChI is InChI=1S/C47H41N.Ir/c1-30-19-22-33(4)43(27-30)37-14-8-7-13-36(37)41-25-26-48-47(42-18-12-10-16-39(42)45-29-32(3)21-24-35(45)6)46(41)40-17-11-9-15-38(40)44-28-31(2)20-23-34(44)5;/h7-29H,1-6H3;. The molecule has 0 aliphatic rings. The third-order valence-electron chi connectivity index (χ3n) is 9.60. The molecule has 1 nitrogen and oxygen atoms in total. The average Bonchev–Trinajstić information content (AvgIpc) is 3.11. The van der Waals surface area contributed by atoms with Crippen molar-refractivity contribution in [1.82, 2.24) is 4.98 Å². The molecule has 7 rings (SSSR count). The molecular weight excluding hydrogens is 771 g/mol. The van der Waals surface area contributed by atoms with Gasteiger partial charge in [-0.05, 0) is 114 Å². The molecule has 1 radical (unpaired) electrons. The zero-order valence-electron chi connectivity index (χ0n) is 29.1. The minimum Gasteiger partial charge on any atom is -0.256 e. The quantitative estimate of drug-likeness (QED) is 0.163. The Balaban J connectivity index is 0.00000417. The summed E-state index contributed by atoms with van der Waals surface area (Å²) in [6, 6.07) is 48.9. The van der Waals surface area contributed by atoms with Crippen molar-refractivity contribution in [3.8, 4) is 66.9 Å². The molecule has 0 saturated carbocycles. The monoisotopic (exact) mass is 812 g/mol. The summed E-state index contributed by atoms with van der Waals surface area (Å²) < 4.78 is 0. The molecule has 0 unspecified atom stereocenters. The Bertz CT molecular complexity index is 2200. The first-order valence-corrected chi connectivity index (χ1v) is 16.8. The van der Waals surface area contributed by atoms with Crippen LogP contribution in [0.4, 0.5) is 0 Å². The zero-order chi connectivity index (χ0) is 33.4. The van der Waals surface area contributed by atoms with E-state index in [4.69, 9.17) is 4.98 Å². The molecule has 0 aliphatic carbocycles. The summed E-state index contributed by atoms with van der Waals surface area (Å²) in [5.74, 6) is 0. The summed E-state index contributed by atoms with van der Waals surface area (Å²) in [6.45, 7) is 13.1. The van der Waals surface area contributed by atoms with Crippen LogP contribution in [-0.2, 0) is 20.1 Å². The Morgan fingerprint density at radius 3 is 1.12 bits per heavy atom. The second-order valence-electron chi connectivity index (χ2n) is 13.2. The van der Waals surface area contributed by atoms with Gasteiger partial charge in [0.05, 0.1) is 5.69 Å². The van der Waals surface area contributed by atoms with Crippen LogP contribution in [0, 0.1) is 41.5 Å². The van der Waals surface area contributed by atoms with Gasteiger partial charge in [0.2, 0.25) is 0 Å². The third kappa shape index (κ3) is 6.60. The van der Waals surface area contributed by atoms with Crippen LogP contribution in [0.2, 0.25) is 0 Å². The van der Waals surface area contributed by atoms with Crippen molar-refractivity contribution in [1.29, 1.82) is 0 Å². The van der Waals surface area contributed by atoms with Gasteiger partial charge in [0, 0.05) is 37.4 Å². The Morgan fingerprint density at radius 2 is 0.673 bits per heavy atom. The minimum absolute atomic E-state index is 0. The molecule has 243 valence electrons. The van der Waals surface area contributed by atoms with Crippen molar-refractivity contribution in [3.63, 3.8) is 0 Å². The van der Waals surface area contributed by atoms with E-state index in [1.165, 1.54) is 83.5 Å². The van der Waals surface area contributed by atoms with Gasteiger partial charge in [-0.3, -0.25) is 4.98 Å². The van der Waals surface area contributed by atoms with Crippen LogP contribution in [0.5, 0.6) is 0 Å². The van der Waals surface area contributed by atoms with E-state index >= 15 is 0 Å². The van der Waals surface area contributed by atoms with E-state index in [1.807, 2.05) is 6.20 Å². The molecule has 7 aromatic rings. The van der Waals surface area contributed by atoms with Gasteiger partial charge >= 0.3 is 0 Å². The van der Waals surface area contributed by atoms with E-state index in [9.17, 15) is 0 Å². The Kier molecular flexibility index (Phi) is 9.93. The number of hydrogen-bond acceptors (Lipinski definition) is 1. The van der Waals surface area contributed by atoms with Gasteiger partial charge in [-0.25, -0.2) is 0 Å². The van der Waals surface area contributed by atoms with E-state index in [2.05, 4.69) is 175 Å². The maximum absolute atomic E-state index is 5.26. The predicted molar refractivity (Wildman–Crippen MR) is 205 cm³/mol. The van der Waals surface area contributed by atoms with Gasteiger partial charge in [-0.2, -0.15) is 0 Å². The van der Waals surface area contributed by atoms with E-state index in [0.717, 1.165) is 16.8 Å². The Labute approximate surface area is 305 Å². The maximum Gasteiger partial charge on any atom is 0.0792 e. The molecule has 0 bridgehead atoms. The van der Waals surface area contributed by atoms with E-state index in [1.54, 1.807) is 0 Å². The average molecular weight is 812 g/mol. The van der Waals surface area contributed by atoms with Gasteiger partial charge < -0.3 is 0 Å². The number of rotatable bonds is 6. The molecule has 49 heavy (non-hydrogen) atoms. The summed E-state index contributed by atoms with van der Waals surface area (Å²) in [7, 11) is 0. The van der Waals surface area contributed by atoms with E-state index in [0.29, 0.717) is 0 Å². The third-order valence-corrected chi connectivity index (χ3v) is 9.60. The second kappa shape index (κ2) is 14.3. The normalized spacial score (nSPS) is 10.9. The van der Waals surface area contributed by atoms with Crippen LogP contribution < -0.4 is 0 Å². The van der Waals surface area contributed by atoms with E-state index < -0.39 is 0 Å². The first-order chi connectivity index (χ1) is 23.3. The van der Waals surface area contributed by atoms with Crippen LogP contribution in [-0.4, -0.2) is 4.98 Å². The summed E-state index contributed by atoms with van der Waals surface area (Å²) in [5, 5.41) is 0. The number of pyridine rings is 1. The van der Waals surface area contributed by atoms with Gasteiger partial charge in [0.25, 0.3) is 0 Å². The molecule has 1 heterocycles. The molecule has 1 aromatic heterocycles. The number of nitrogens with zero attached hydrogens (tertiary/aromatic N) is 1. The first-order valence-electron chi connectivity index (χ1n) is 16.8. The molecule has 0 spiro atoms. The molecule has 0 atom stereocenters. The van der Waals surface area contributed by atoms with Gasteiger partial charge in [0.1, 0.15) is 0 Å². The predicted octanol–water partition coefficient (Wildman–Crippen LogP) is 12.9. The summed E-state index contributed by atoms with van der Waals surface area (Å²) in [5.41, 5.74) is 21.7. The van der Waals surface area contributed by atoms with Gasteiger partial charge in [-0.1, -0.05) is 144 Å². The number of aryl methyl sites for hydroxylation is 6. The molecule has 0 N–H and O–H groups in total. The van der Waals surface area contributed by atoms with Crippen molar-refractivity contribution >= 4 is 0 Å². The largest absolute Gasteiger partial charge is 0.256 e. The molecule has 0 aliphatic heterocycles. The van der Waals surface area contributed by atoms with Crippen LogP contribution >= 0.6 is 0 Å². The van der Waals surface area contributed by atoms with Gasteiger partial charge in [-0.15, -0.1) is 0 Å². The number of hydrogen-bond donors (Lipinski definition) is 0. The van der Waals surface area contributed by atoms with Crippen molar-refractivity contribution < 1.29 is 20.1 Å². The molecule has 6 aromatic carbocycles. The summed E-state index contributed by atoms with van der Waals surface area (Å²) in [6.07, 6.45) is 1.99. The van der Waals surface area contributed by atoms with Crippen molar-refractivity contribution in [2.24, 2.45) is 0 Å². The SMILES string of the molecule is Cc1ccc(C)c(-c2ccccc2-c2ccnc(-c3ccccc3-c3cc(C)ccc3C)c2-c2ccccc2-c2cc(C)ccc2C)c1.[Ir]. The van der Waals surface area contributed by atoms with Crippen molar-refractivity contribution in [2.75, 3.05) is 0 Å². The van der Waals surface area contributed by atoms with Crippen LogP contribution in [0.25, 0.3) is 66.9 Å². The molecule has 0 fully saturated rings. The molecule has 2 heteroatoms. The smallest absolute Gasteiger partial charge is 0.0792 e. The Hall–Kier alpha value is -4.88. The fourth-order valence-electron chi connectivity index (χ4n) is 7.05. The molecule has 0 saturated heterocycles. The molecule has 0 amide bonds. The topological polar surface area (TPSA) is 12.9 Å². The number of benzene rings is 6. The van der Waals surface area contributed by atoms with Crippen LogP contribution in [0.1, 0.15) is 33.4 Å². The van der Waals surface area contributed by atoms with Gasteiger partial charge in [0.15, 0.2) is 0 Å². The van der Waals surface area contributed by atoms with Crippen LogP contribution in [0.15, 0.2) is 140 Å². The minimum atomic E-state index is 0. The fourth-order valence-corrected chi connectivity index (χ4v) is 7.05.